The molecule has 0 rings (SSSR count). The van der Waals surface area contributed by atoms with Crippen LogP contribution in [0.3, 0.4) is 0 Å². The maximum absolute atomic E-state index is 10.7. The number of carbonyl (C=O) groups excluding carboxylic acids is 1. The molecule has 0 spiro atoms. The van der Waals surface area contributed by atoms with Gasteiger partial charge in [0.1, 0.15) is 0 Å². The molecule has 0 heterocycles. The van der Waals surface area contributed by atoms with E-state index in [1.165, 1.54) is 6.92 Å². The normalized spacial score (nSPS) is 15.0. The van der Waals surface area contributed by atoms with Gasteiger partial charge in [0.15, 0.2) is 0 Å². The van der Waals surface area contributed by atoms with E-state index in [0.717, 1.165) is 12.8 Å². The van der Waals surface area contributed by atoms with Crippen molar-refractivity contribution in [3.05, 3.63) is 25.3 Å². The van der Waals surface area contributed by atoms with E-state index >= 15 is 0 Å². The molecule has 1 atom stereocenters. The second kappa shape index (κ2) is 5.88. The van der Waals surface area contributed by atoms with E-state index in [1.807, 2.05) is 12.2 Å². The van der Waals surface area contributed by atoms with Crippen LogP contribution < -0.4 is 0 Å². The van der Waals surface area contributed by atoms with Crippen LogP contribution in [0.1, 0.15) is 40.5 Å². The lowest BCUT2D eigenvalue weighted by atomic mass is 9.63. The van der Waals surface area contributed by atoms with Crippen molar-refractivity contribution < 1.29 is 9.53 Å². The van der Waals surface area contributed by atoms with Crippen molar-refractivity contribution >= 4 is 5.97 Å². The van der Waals surface area contributed by atoms with E-state index in [4.69, 9.17) is 4.74 Å². The van der Waals surface area contributed by atoms with Crippen LogP contribution in [-0.2, 0) is 9.53 Å². The van der Waals surface area contributed by atoms with Gasteiger partial charge in [-0.2, -0.15) is 0 Å². The molecule has 0 N–H and O–H groups in total. The van der Waals surface area contributed by atoms with Gasteiger partial charge in [-0.3, -0.25) is 4.79 Å². The van der Waals surface area contributed by atoms with Crippen molar-refractivity contribution in [2.45, 2.75) is 40.5 Å². The molecule has 2 nitrogen and oxygen atoms in total. The Morgan fingerprint density at radius 3 is 2.25 bits per heavy atom. The summed E-state index contributed by atoms with van der Waals surface area (Å²) in [6.45, 7) is 16.1. The summed E-state index contributed by atoms with van der Waals surface area (Å²) in [5.74, 6) is -0.229. The van der Waals surface area contributed by atoms with Crippen LogP contribution in [0.15, 0.2) is 25.3 Å². The van der Waals surface area contributed by atoms with Crippen LogP contribution in [0.25, 0.3) is 0 Å². The lowest BCUT2D eigenvalue weighted by Crippen LogP contribution is -2.34. The Hall–Kier alpha value is -1.05. The quantitative estimate of drug-likeness (QED) is 0.486. The molecule has 0 fully saturated rings. The topological polar surface area (TPSA) is 26.3 Å². The molecule has 0 bridgehead atoms. The summed E-state index contributed by atoms with van der Waals surface area (Å²) in [5, 5.41) is 0. The summed E-state index contributed by atoms with van der Waals surface area (Å²) in [7, 11) is 0. The van der Waals surface area contributed by atoms with Gasteiger partial charge in [-0.15, -0.1) is 13.2 Å². The Morgan fingerprint density at radius 1 is 1.31 bits per heavy atom. The highest BCUT2D eigenvalue weighted by molar-refractivity contribution is 5.65. The molecule has 0 aromatic carbocycles. The number of rotatable bonds is 7. The van der Waals surface area contributed by atoms with Crippen molar-refractivity contribution in [1.82, 2.24) is 0 Å². The van der Waals surface area contributed by atoms with Crippen LogP contribution in [0.5, 0.6) is 0 Å². The standard InChI is InChI=1S/C14H24O2/c1-7-9-13(4,5)14(6,8-2)10-11-16-12(3)15/h7-8H,1-2,9-11H2,3-6H3/t14-/m1/s1. The van der Waals surface area contributed by atoms with E-state index in [9.17, 15) is 4.79 Å². The van der Waals surface area contributed by atoms with Gasteiger partial charge < -0.3 is 4.74 Å². The van der Waals surface area contributed by atoms with Gasteiger partial charge in [-0.1, -0.05) is 32.9 Å². The van der Waals surface area contributed by atoms with Gasteiger partial charge in [0, 0.05) is 6.92 Å². The molecule has 0 amide bonds. The summed E-state index contributed by atoms with van der Waals surface area (Å²) < 4.78 is 5.00. The number of esters is 1. The molecule has 92 valence electrons. The van der Waals surface area contributed by atoms with Gasteiger partial charge in [0.05, 0.1) is 6.61 Å². The Bertz CT molecular complexity index is 266. The van der Waals surface area contributed by atoms with Gasteiger partial charge in [0.2, 0.25) is 0 Å². The monoisotopic (exact) mass is 224 g/mol. The smallest absolute Gasteiger partial charge is 0.302 e. The lowest BCUT2D eigenvalue weighted by Gasteiger charge is -2.42. The predicted octanol–water partition coefficient (Wildman–Crippen LogP) is 3.73. The third kappa shape index (κ3) is 3.84. The number of carbonyl (C=O) groups is 1. The maximum atomic E-state index is 10.7. The van der Waals surface area contributed by atoms with Crippen LogP contribution in [0, 0.1) is 10.8 Å². The average Bonchev–Trinajstić information content (AvgIpc) is 2.16. The van der Waals surface area contributed by atoms with Crippen molar-refractivity contribution in [1.29, 1.82) is 0 Å². The molecule has 2 heteroatoms. The van der Waals surface area contributed by atoms with Crippen molar-refractivity contribution in [3.8, 4) is 0 Å². The summed E-state index contributed by atoms with van der Waals surface area (Å²) in [6, 6.07) is 0. The maximum Gasteiger partial charge on any atom is 0.302 e. The van der Waals surface area contributed by atoms with Crippen molar-refractivity contribution in [3.63, 3.8) is 0 Å². The first-order valence-corrected chi connectivity index (χ1v) is 5.67. The van der Waals surface area contributed by atoms with Gasteiger partial charge in [-0.05, 0) is 23.7 Å². The van der Waals surface area contributed by atoms with E-state index in [2.05, 4.69) is 33.9 Å². The highest BCUT2D eigenvalue weighted by Crippen LogP contribution is 2.45. The highest BCUT2D eigenvalue weighted by Gasteiger charge is 2.37. The lowest BCUT2D eigenvalue weighted by molar-refractivity contribution is -0.141. The van der Waals surface area contributed by atoms with Gasteiger partial charge >= 0.3 is 5.97 Å². The zero-order valence-corrected chi connectivity index (χ0v) is 11.0. The minimum Gasteiger partial charge on any atom is -0.466 e. The number of hydrogen-bond donors (Lipinski definition) is 0. The molecule has 0 aliphatic rings. The Labute approximate surface area is 99.4 Å². The molecule has 0 aromatic rings. The highest BCUT2D eigenvalue weighted by atomic mass is 16.5. The molecule has 0 radical (unpaired) electrons. The molecule has 16 heavy (non-hydrogen) atoms. The predicted molar refractivity (Wildman–Crippen MR) is 68.1 cm³/mol. The first kappa shape index (κ1) is 14.9. The second-order valence-corrected chi connectivity index (χ2v) is 5.09. The summed E-state index contributed by atoms with van der Waals surface area (Å²) in [5.41, 5.74) is 0.00723. The zero-order valence-electron chi connectivity index (χ0n) is 11.0. The number of allylic oxidation sites excluding steroid dienone is 2. The van der Waals surface area contributed by atoms with E-state index in [-0.39, 0.29) is 16.8 Å². The SMILES string of the molecule is C=CCC(C)(C)[C@](C)(C=C)CCOC(C)=O. The van der Waals surface area contributed by atoms with Gasteiger partial charge in [-0.25, -0.2) is 0 Å². The van der Waals surface area contributed by atoms with Crippen LogP contribution in [0.2, 0.25) is 0 Å². The zero-order chi connectivity index (χ0) is 12.8. The third-order valence-corrected chi connectivity index (χ3v) is 3.58. The summed E-state index contributed by atoms with van der Waals surface area (Å²) in [4.78, 5) is 10.7. The van der Waals surface area contributed by atoms with E-state index < -0.39 is 0 Å². The fourth-order valence-corrected chi connectivity index (χ4v) is 1.72. The fourth-order valence-electron chi connectivity index (χ4n) is 1.72. The third-order valence-electron chi connectivity index (χ3n) is 3.58. The number of hydrogen-bond acceptors (Lipinski definition) is 2. The molecular weight excluding hydrogens is 200 g/mol. The van der Waals surface area contributed by atoms with Crippen molar-refractivity contribution in [2.75, 3.05) is 6.61 Å². The van der Waals surface area contributed by atoms with Crippen LogP contribution in [0.4, 0.5) is 0 Å². The second-order valence-electron chi connectivity index (χ2n) is 5.09. The Balaban J connectivity index is 4.57. The molecule has 0 saturated heterocycles. The Kier molecular flexibility index (Phi) is 5.49. The Morgan fingerprint density at radius 2 is 1.88 bits per heavy atom. The first-order valence-electron chi connectivity index (χ1n) is 5.67. The minimum absolute atomic E-state index is 0.0589. The molecule has 0 aliphatic heterocycles. The first-order chi connectivity index (χ1) is 7.29. The van der Waals surface area contributed by atoms with E-state index in [0.29, 0.717) is 6.61 Å². The fraction of sp³-hybridized carbons (Fsp3) is 0.643. The molecule has 0 aliphatic carbocycles. The molecule has 0 saturated carbocycles. The average molecular weight is 224 g/mol. The van der Waals surface area contributed by atoms with E-state index in [1.54, 1.807) is 0 Å². The largest absolute Gasteiger partial charge is 0.466 e. The van der Waals surface area contributed by atoms with Gasteiger partial charge in [0.25, 0.3) is 0 Å². The molecular formula is C14H24O2. The number of ether oxygens (including phenoxy) is 1. The molecule has 0 aromatic heterocycles. The summed E-state index contributed by atoms with van der Waals surface area (Å²) >= 11 is 0. The van der Waals surface area contributed by atoms with Crippen LogP contribution >= 0.6 is 0 Å². The summed E-state index contributed by atoms with van der Waals surface area (Å²) in [6.07, 6.45) is 5.58. The van der Waals surface area contributed by atoms with Crippen molar-refractivity contribution in [2.24, 2.45) is 10.8 Å². The molecule has 0 unspecified atom stereocenters. The minimum atomic E-state index is -0.229. The van der Waals surface area contributed by atoms with Crippen LogP contribution in [-0.4, -0.2) is 12.6 Å².